The van der Waals surface area contributed by atoms with E-state index in [1.165, 1.54) is 4.80 Å². The summed E-state index contributed by atoms with van der Waals surface area (Å²) in [5.74, 6) is 0.720. The van der Waals surface area contributed by atoms with Crippen LogP contribution in [-0.4, -0.2) is 26.8 Å². The zero-order valence-electron chi connectivity index (χ0n) is 11.5. The summed E-state index contributed by atoms with van der Waals surface area (Å²) in [6.45, 7) is 3.06. The zero-order chi connectivity index (χ0) is 14.5. The zero-order valence-corrected chi connectivity index (χ0v) is 13.8. The van der Waals surface area contributed by atoms with Crippen LogP contribution in [0.5, 0.6) is 0 Å². The van der Waals surface area contributed by atoms with Crippen molar-refractivity contribution in [1.82, 2.24) is 25.5 Å². The Morgan fingerprint density at radius 2 is 2.20 bits per heavy atom. The molecule has 0 aliphatic heterocycles. The molecule has 7 heteroatoms. The molecular weight excluding hydrogens is 342 g/mol. The second-order valence-electron chi connectivity index (χ2n) is 4.61. The van der Waals surface area contributed by atoms with E-state index in [1.54, 1.807) is 7.05 Å². The predicted octanol–water partition coefficient (Wildman–Crippen LogP) is 2.91. The molecule has 1 unspecified atom stereocenters. The molecule has 0 bridgehead atoms. The Kier molecular flexibility index (Phi) is 5.51. The fourth-order valence-electron chi connectivity index (χ4n) is 1.99. The van der Waals surface area contributed by atoms with E-state index in [1.807, 2.05) is 12.1 Å². The van der Waals surface area contributed by atoms with Gasteiger partial charge in [-0.05, 0) is 41.9 Å². The van der Waals surface area contributed by atoms with Crippen molar-refractivity contribution in [2.24, 2.45) is 7.05 Å². The summed E-state index contributed by atoms with van der Waals surface area (Å²) in [5, 5.41) is 16.4. The number of nitrogens with zero attached hydrogens (tertiary/aromatic N) is 4. The van der Waals surface area contributed by atoms with Gasteiger partial charge in [-0.1, -0.05) is 34.5 Å². The molecule has 108 valence electrons. The summed E-state index contributed by atoms with van der Waals surface area (Å²) >= 11 is 9.61. The fourth-order valence-corrected chi connectivity index (χ4v) is 2.88. The van der Waals surface area contributed by atoms with Gasteiger partial charge in [0.15, 0.2) is 5.82 Å². The van der Waals surface area contributed by atoms with Crippen LogP contribution in [0.3, 0.4) is 0 Å². The van der Waals surface area contributed by atoms with Gasteiger partial charge in [-0.15, -0.1) is 10.2 Å². The lowest BCUT2D eigenvalue weighted by Gasteiger charge is -2.18. The second kappa shape index (κ2) is 7.15. The van der Waals surface area contributed by atoms with Gasteiger partial charge >= 0.3 is 0 Å². The van der Waals surface area contributed by atoms with Crippen molar-refractivity contribution in [3.05, 3.63) is 39.1 Å². The third-order valence-corrected chi connectivity index (χ3v) is 3.54. The van der Waals surface area contributed by atoms with Crippen molar-refractivity contribution in [1.29, 1.82) is 0 Å². The van der Waals surface area contributed by atoms with E-state index in [2.05, 4.69) is 49.6 Å². The summed E-state index contributed by atoms with van der Waals surface area (Å²) < 4.78 is 0.968. The van der Waals surface area contributed by atoms with Crippen LogP contribution in [0.15, 0.2) is 22.7 Å². The Balaban J connectivity index is 2.21. The maximum absolute atomic E-state index is 6.13. The topological polar surface area (TPSA) is 55.6 Å². The molecule has 0 fully saturated rings. The number of aryl methyl sites for hydroxylation is 1. The molecule has 0 spiro atoms. The molecule has 1 aromatic carbocycles. The highest BCUT2D eigenvalue weighted by molar-refractivity contribution is 9.10. The smallest absolute Gasteiger partial charge is 0.176 e. The lowest BCUT2D eigenvalue weighted by Crippen LogP contribution is -2.24. The first kappa shape index (κ1) is 15.4. The summed E-state index contributed by atoms with van der Waals surface area (Å²) in [6.07, 6.45) is 1.74. The van der Waals surface area contributed by atoms with E-state index in [0.717, 1.165) is 28.8 Å². The van der Waals surface area contributed by atoms with Gasteiger partial charge in [0.1, 0.15) is 0 Å². The highest BCUT2D eigenvalue weighted by Crippen LogP contribution is 2.25. The van der Waals surface area contributed by atoms with Gasteiger partial charge in [0.25, 0.3) is 0 Å². The highest BCUT2D eigenvalue weighted by Gasteiger charge is 2.15. The van der Waals surface area contributed by atoms with Gasteiger partial charge in [-0.25, -0.2) is 0 Å². The normalized spacial score (nSPS) is 12.6. The first-order valence-corrected chi connectivity index (χ1v) is 7.68. The fraction of sp³-hybridized carbons (Fsp3) is 0.462. The average Bonchev–Trinajstić information content (AvgIpc) is 2.79. The summed E-state index contributed by atoms with van der Waals surface area (Å²) in [6, 6.07) is 6.03. The highest BCUT2D eigenvalue weighted by atomic mass is 79.9. The number of nitrogens with one attached hydrogen (secondary N) is 1. The van der Waals surface area contributed by atoms with E-state index in [9.17, 15) is 0 Å². The molecule has 1 heterocycles. The quantitative estimate of drug-likeness (QED) is 0.862. The van der Waals surface area contributed by atoms with Crippen LogP contribution in [0.1, 0.15) is 30.8 Å². The van der Waals surface area contributed by atoms with Crippen molar-refractivity contribution in [3.8, 4) is 0 Å². The monoisotopic (exact) mass is 357 g/mol. The Morgan fingerprint density at radius 1 is 1.40 bits per heavy atom. The number of hydrogen-bond donors (Lipinski definition) is 1. The third-order valence-electron chi connectivity index (χ3n) is 2.86. The van der Waals surface area contributed by atoms with Gasteiger partial charge in [-0.2, -0.15) is 4.80 Å². The minimum Gasteiger partial charge on any atom is -0.310 e. The van der Waals surface area contributed by atoms with E-state index in [0.29, 0.717) is 11.4 Å². The molecule has 1 aromatic heterocycles. The maximum Gasteiger partial charge on any atom is 0.176 e. The minimum absolute atomic E-state index is 0.120. The number of halogens is 2. The van der Waals surface area contributed by atoms with Crippen LogP contribution < -0.4 is 5.32 Å². The van der Waals surface area contributed by atoms with Crippen molar-refractivity contribution in [2.75, 3.05) is 6.54 Å². The van der Waals surface area contributed by atoms with Crippen LogP contribution >= 0.6 is 27.5 Å². The van der Waals surface area contributed by atoms with Crippen LogP contribution in [0.25, 0.3) is 0 Å². The molecule has 0 saturated carbocycles. The van der Waals surface area contributed by atoms with Gasteiger partial charge in [0.2, 0.25) is 0 Å². The average molecular weight is 359 g/mol. The number of rotatable bonds is 6. The molecule has 0 amide bonds. The largest absolute Gasteiger partial charge is 0.310 e. The Hall–Kier alpha value is -0.980. The van der Waals surface area contributed by atoms with Crippen molar-refractivity contribution in [2.45, 2.75) is 25.8 Å². The third kappa shape index (κ3) is 4.26. The van der Waals surface area contributed by atoms with E-state index < -0.39 is 0 Å². The van der Waals surface area contributed by atoms with E-state index in [-0.39, 0.29) is 6.04 Å². The molecule has 20 heavy (non-hydrogen) atoms. The standard InChI is InChI=1S/C13H17BrClN5/c1-3-4-16-12(8-13-17-19-20(2)18-13)9-5-10(14)7-11(15)6-9/h5-7,12,16H,3-4,8H2,1-2H3. The lowest BCUT2D eigenvalue weighted by molar-refractivity contribution is 0.516. The molecule has 5 nitrogen and oxygen atoms in total. The van der Waals surface area contributed by atoms with E-state index >= 15 is 0 Å². The summed E-state index contributed by atoms with van der Waals surface area (Å²) in [7, 11) is 1.76. The molecule has 2 aromatic rings. The van der Waals surface area contributed by atoms with Crippen molar-refractivity contribution in [3.63, 3.8) is 0 Å². The van der Waals surface area contributed by atoms with Gasteiger partial charge in [0.05, 0.1) is 7.05 Å². The summed E-state index contributed by atoms with van der Waals surface area (Å²) in [5.41, 5.74) is 1.12. The maximum atomic E-state index is 6.13. The lowest BCUT2D eigenvalue weighted by atomic mass is 10.0. The summed E-state index contributed by atoms with van der Waals surface area (Å²) in [4.78, 5) is 1.47. The van der Waals surface area contributed by atoms with Crippen LogP contribution in [0.2, 0.25) is 5.02 Å². The SMILES string of the molecule is CCCNC(Cc1nnn(C)n1)c1cc(Cl)cc(Br)c1. The number of tetrazole rings is 1. The Labute approximate surface area is 131 Å². The molecule has 0 aliphatic carbocycles. The molecule has 1 atom stereocenters. The van der Waals surface area contributed by atoms with Crippen LogP contribution in [-0.2, 0) is 13.5 Å². The molecular formula is C13H17BrClN5. The molecule has 0 aliphatic rings. The van der Waals surface area contributed by atoms with E-state index in [4.69, 9.17) is 11.6 Å². The van der Waals surface area contributed by atoms with Crippen LogP contribution in [0, 0.1) is 0 Å². The Morgan fingerprint density at radius 3 is 2.80 bits per heavy atom. The second-order valence-corrected chi connectivity index (χ2v) is 5.96. The van der Waals surface area contributed by atoms with Crippen molar-refractivity contribution < 1.29 is 0 Å². The first-order chi connectivity index (χ1) is 9.58. The molecule has 1 N–H and O–H groups in total. The number of hydrogen-bond acceptors (Lipinski definition) is 4. The molecule has 2 rings (SSSR count). The Bertz CT molecular complexity index is 551. The molecule has 0 radical (unpaired) electrons. The number of benzene rings is 1. The molecule has 0 saturated heterocycles. The van der Waals surface area contributed by atoms with Gasteiger partial charge in [-0.3, -0.25) is 0 Å². The first-order valence-electron chi connectivity index (χ1n) is 6.50. The van der Waals surface area contributed by atoms with Crippen molar-refractivity contribution >= 4 is 27.5 Å². The van der Waals surface area contributed by atoms with Crippen LogP contribution in [0.4, 0.5) is 0 Å². The van der Waals surface area contributed by atoms with Gasteiger partial charge < -0.3 is 5.32 Å². The number of aromatic nitrogens is 4. The minimum atomic E-state index is 0.120. The van der Waals surface area contributed by atoms with Gasteiger partial charge in [0, 0.05) is 22.0 Å². The predicted molar refractivity (Wildman–Crippen MR) is 82.7 cm³/mol.